The number of rotatable bonds is 1. The fourth-order valence-electron chi connectivity index (χ4n) is 2.92. The highest BCUT2D eigenvalue weighted by Crippen LogP contribution is 2.15. The number of benzene rings is 1. The van der Waals surface area contributed by atoms with Gasteiger partial charge in [0.05, 0.1) is 21.2 Å². The quantitative estimate of drug-likeness (QED) is 0.490. The summed E-state index contributed by atoms with van der Waals surface area (Å²) in [6.45, 7) is 0. The van der Waals surface area contributed by atoms with Crippen LogP contribution in [-0.2, 0) is 21.1 Å². The first kappa shape index (κ1) is 17.1. The van der Waals surface area contributed by atoms with Gasteiger partial charge in [0.15, 0.2) is 4.80 Å². The molecule has 3 heterocycles. The Morgan fingerprint density at radius 3 is 2.56 bits per heavy atom. The zero-order chi connectivity index (χ0) is 19.3. The Balaban J connectivity index is 1.89. The minimum atomic E-state index is -0.498. The van der Waals surface area contributed by atoms with E-state index in [4.69, 9.17) is 0 Å². The maximum atomic E-state index is 12.6. The standard InChI is InChI=1S/C18H15N5O3S/c1-21-12-6-4-5-7-13(12)27-17(21)20-15(24)10-8-11-14(19-9-10)22(2)18(26)23(3)16(11)25/h4-9H,1-3H3. The van der Waals surface area contributed by atoms with Gasteiger partial charge < -0.3 is 4.57 Å². The number of hydrogen-bond acceptors (Lipinski definition) is 5. The number of para-hydroxylation sites is 1. The van der Waals surface area contributed by atoms with Crippen molar-refractivity contribution < 1.29 is 4.79 Å². The molecule has 0 atom stereocenters. The van der Waals surface area contributed by atoms with Crippen LogP contribution in [0.1, 0.15) is 10.4 Å². The normalized spacial score (nSPS) is 12.2. The summed E-state index contributed by atoms with van der Waals surface area (Å²) in [5.74, 6) is -0.498. The second-order valence-electron chi connectivity index (χ2n) is 6.13. The van der Waals surface area contributed by atoms with Gasteiger partial charge >= 0.3 is 5.69 Å². The van der Waals surface area contributed by atoms with Crippen LogP contribution in [-0.4, -0.2) is 24.6 Å². The van der Waals surface area contributed by atoms with E-state index in [1.807, 2.05) is 35.9 Å². The lowest BCUT2D eigenvalue weighted by Gasteiger charge is -2.06. The maximum Gasteiger partial charge on any atom is 0.332 e. The smallest absolute Gasteiger partial charge is 0.319 e. The first-order valence-electron chi connectivity index (χ1n) is 8.08. The van der Waals surface area contributed by atoms with Gasteiger partial charge in [0.25, 0.3) is 11.5 Å². The predicted molar refractivity (Wildman–Crippen MR) is 103 cm³/mol. The van der Waals surface area contributed by atoms with Gasteiger partial charge in [-0.2, -0.15) is 4.99 Å². The number of aromatic nitrogens is 4. The minimum Gasteiger partial charge on any atom is -0.319 e. The molecular formula is C18H15N5O3S. The zero-order valence-electron chi connectivity index (χ0n) is 14.8. The summed E-state index contributed by atoms with van der Waals surface area (Å²) in [4.78, 5) is 45.9. The lowest BCUT2D eigenvalue weighted by molar-refractivity contribution is 0.0997. The lowest BCUT2D eigenvalue weighted by atomic mass is 10.2. The second-order valence-corrected chi connectivity index (χ2v) is 7.14. The van der Waals surface area contributed by atoms with E-state index in [2.05, 4.69) is 9.98 Å². The van der Waals surface area contributed by atoms with Crippen LogP contribution in [0, 0.1) is 0 Å². The zero-order valence-corrected chi connectivity index (χ0v) is 15.6. The van der Waals surface area contributed by atoms with Crippen molar-refractivity contribution in [3.8, 4) is 0 Å². The molecule has 0 spiro atoms. The number of hydrogen-bond donors (Lipinski definition) is 0. The molecule has 1 amide bonds. The van der Waals surface area contributed by atoms with Crippen molar-refractivity contribution >= 4 is 38.5 Å². The third kappa shape index (κ3) is 2.63. The van der Waals surface area contributed by atoms with E-state index < -0.39 is 17.2 Å². The van der Waals surface area contributed by atoms with Gasteiger partial charge in [-0.3, -0.25) is 18.7 Å². The molecule has 3 aromatic heterocycles. The Hall–Kier alpha value is -3.33. The number of aryl methyl sites for hydroxylation is 2. The van der Waals surface area contributed by atoms with Gasteiger partial charge in [-0.1, -0.05) is 23.5 Å². The summed E-state index contributed by atoms with van der Waals surface area (Å²) in [5.41, 5.74) is 0.432. The van der Waals surface area contributed by atoms with Crippen LogP contribution in [0.5, 0.6) is 0 Å². The summed E-state index contributed by atoms with van der Waals surface area (Å²) in [6.07, 6.45) is 1.33. The van der Waals surface area contributed by atoms with Crippen LogP contribution in [0.2, 0.25) is 0 Å². The molecule has 0 aliphatic carbocycles. The average molecular weight is 381 g/mol. The Morgan fingerprint density at radius 2 is 1.81 bits per heavy atom. The maximum absolute atomic E-state index is 12.6. The summed E-state index contributed by atoms with van der Waals surface area (Å²) in [7, 11) is 4.76. The summed E-state index contributed by atoms with van der Waals surface area (Å²) >= 11 is 1.40. The third-order valence-corrected chi connectivity index (χ3v) is 5.57. The van der Waals surface area contributed by atoms with Crippen LogP contribution in [0.4, 0.5) is 0 Å². The largest absolute Gasteiger partial charge is 0.332 e. The van der Waals surface area contributed by atoms with Gasteiger partial charge in [0, 0.05) is 27.3 Å². The number of pyridine rings is 1. The average Bonchev–Trinajstić information content (AvgIpc) is 3.00. The van der Waals surface area contributed by atoms with Crippen LogP contribution in [0.25, 0.3) is 21.3 Å². The van der Waals surface area contributed by atoms with Gasteiger partial charge in [0.1, 0.15) is 5.65 Å². The molecular weight excluding hydrogens is 366 g/mol. The molecule has 8 nitrogen and oxygen atoms in total. The number of nitrogens with zero attached hydrogens (tertiary/aromatic N) is 5. The molecule has 4 aromatic rings. The number of amides is 1. The van der Waals surface area contributed by atoms with E-state index in [9.17, 15) is 14.4 Å². The lowest BCUT2D eigenvalue weighted by Crippen LogP contribution is -2.37. The highest BCUT2D eigenvalue weighted by Gasteiger charge is 2.13. The number of carbonyl (C=O) groups excluding carboxylic acids is 1. The van der Waals surface area contributed by atoms with E-state index in [0.717, 1.165) is 14.8 Å². The number of carbonyl (C=O) groups is 1. The summed E-state index contributed by atoms with van der Waals surface area (Å²) in [5, 5.41) is 0.196. The van der Waals surface area contributed by atoms with Crippen LogP contribution in [0.15, 0.2) is 51.1 Å². The first-order valence-corrected chi connectivity index (χ1v) is 8.89. The van der Waals surface area contributed by atoms with E-state index >= 15 is 0 Å². The van der Waals surface area contributed by atoms with Crippen molar-refractivity contribution in [3.05, 3.63) is 67.7 Å². The Labute approximate surface area is 156 Å². The predicted octanol–water partition coefficient (Wildman–Crippen LogP) is 0.926. The molecule has 4 rings (SSSR count). The van der Waals surface area contributed by atoms with E-state index in [1.165, 1.54) is 42.3 Å². The molecule has 0 radical (unpaired) electrons. The highest BCUT2D eigenvalue weighted by atomic mass is 32.1. The van der Waals surface area contributed by atoms with Crippen molar-refractivity contribution in [2.45, 2.75) is 0 Å². The molecule has 0 saturated carbocycles. The SMILES string of the molecule is Cn1c(=O)c2cc(C(=O)N=c3sc4ccccc4n3C)cnc2n(C)c1=O. The van der Waals surface area contributed by atoms with Crippen molar-refractivity contribution in [3.63, 3.8) is 0 Å². The molecule has 0 bridgehead atoms. The van der Waals surface area contributed by atoms with Gasteiger partial charge in [-0.25, -0.2) is 9.78 Å². The fourth-order valence-corrected chi connectivity index (χ4v) is 3.94. The van der Waals surface area contributed by atoms with Crippen molar-refractivity contribution in [1.29, 1.82) is 0 Å². The van der Waals surface area contributed by atoms with Crippen LogP contribution in [0.3, 0.4) is 0 Å². The molecule has 0 aliphatic heterocycles. The molecule has 27 heavy (non-hydrogen) atoms. The molecule has 0 fully saturated rings. The molecule has 0 unspecified atom stereocenters. The summed E-state index contributed by atoms with van der Waals surface area (Å²) in [6, 6.07) is 9.21. The number of thiazole rings is 1. The summed E-state index contributed by atoms with van der Waals surface area (Å²) < 4.78 is 5.12. The Morgan fingerprint density at radius 1 is 1.07 bits per heavy atom. The van der Waals surface area contributed by atoms with E-state index in [1.54, 1.807) is 0 Å². The molecule has 136 valence electrons. The molecule has 9 heteroatoms. The first-order chi connectivity index (χ1) is 12.9. The highest BCUT2D eigenvalue weighted by molar-refractivity contribution is 7.16. The minimum absolute atomic E-state index is 0.190. The van der Waals surface area contributed by atoms with Gasteiger partial charge in [0.2, 0.25) is 0 Å². The molecule has 0 N–H and O–H groups in total. The van der Waals surface area contributed by atoms with E-state index in [0.29, 0.717) is 4.80 Å². The molecule has 0 saturated heterocycles. The Kier molecular flexibility index (Phi) is 3.88. The van der Waals surface area contributed by atoms with Crippen molar-refractivity contribution in [1.82, 2.24) is 18.7 Å². The topological polar surface area (TPSA) is 91.2 Å². The Bertz CT molecular complexity index is 1420. The molecule has 1 aromatic carbocycles. The fraction of sp³-hybridized carbons (Fsp3) is 0.167. The number of fused-ring (bicyclic) bond motifs is 2. The van der Waals surface area contributed by atoms with Gasteiger partial charge in [-0.05, 0) is 18.2 Å². The van der Waals surface area contributed by atoms with Crippen molar-refractivity contribution in [2.75, 3.05) is 0 Å². The van der Waals surface area contributed by atoms with Crippen molar-refractivity contribution in [2.24, 2.45) is 26.1 Å². The second kappa shape index (κ2) is 6.13. The third-order valence-electron chi connectivity index (χ3n) is 4.45. The van der Waals surface area contributed by atoms with E-state index in [-0.39, 0.29) is 16.6 Å². The molecule has 0 aliphatic rings. The van der Waals surface area contributed by atoms with Crippen LogP contribution < -0.4 is 16.1 Å². The van der Waals surface area contributed by atoms with Crippen LogP contribution >= 0.6 is 11.3 Å². The van der Waals surface area contributed by atoms with Gasteiger partial charge in [-0.15, -0.1) is 0 Å². The monoisotopic (exact) mass is 381 g/mol.